The average molecular weight is 332 g/mol. The predicted octanol–water partition coefficient (Wildman–Crippen LogP) is 4.52. The van der Waals surface area contributed by atoms with Crippen molar-refractivity contribution >= 4 is 27.7 Å². The van der Waals surface area contributed by atoms with Gasteiger partial charge in [0.2, 0.25) is 0 Å². The van der Waals surface area contributed by atoms with Crippen LogP contribution < -0.4 is 5.32 Å². The van der Waals surface area contributed by atoms with Gasteiger partial charge in [0, 0.05) is 27.4 Å². The fourth-order valence-electron chi connectivity index (χ4n) is 2.32. The van der Waals surface area contributed by atoms with Crippen LogP contribution in [0, 0.1) is 5.82 Å². The summed E-state index contributed by atoms with van der Waals surface area (Å²) >= 11 is 5.33. The van der Waals surface area contributed by atoms with E-state index in [0.717, 1.165) is 16.6 Å². The fraction of sp³-hybridized carbons (Fsp3) is 0.571. The minimum Gasteiger partial charge on any atom is -0.309 e. The van der Waals surface area contributed by atoms with Gasteiger partial charge >= 0.3 is 0 Å². The van der Waals surface area contributed by atoms with Gasteiger partial charge in [-0.25, -0.2) is 4.39 Å². The van der Waals surface area contributed by atoms with Crippen molar-refractivity contribution in [1.29, 1.82) is 0 Å². The van der Waals surface area contributed by atoms with Crippen molar-refractivity contribution in [3.63, 3.8) is 0 Å². The van der Waals surface area contributed by atoms with Crippen molar-refractivity contribution in [1.82, 2.24) is 5.32 Å². The highest BCUT2D eigenvalue weighted by atomic mass is 79.9. The molecule has 1 aromatic rings. The number of thioether (sulfide) groups is 1. The van der Waals surface area contributed by atoms with Crippen molar-refractivity contribution in [3.8, 4) is 0 Å². The number of hydrogen-bond donors (Lipinski definition) is 1. The molecule has 1 saturated carbocycles. The van der Waals surface area contributed by atoms with Crippen molar-refractivity contribution in [2.75, 3.05) is 12.8 Å². The monoisotopic (exact) mass is 331 g/mol. The van der Waals surface area contributed by atoms with Gasteiger partial charge < -0.3 is 5.32 Å². The van der Waals surface area contributed by atoms with Gasteiger partial charge in [0.1, 0.15) is 5.82 Å². The van der Waals surface area contributed by atoms with E-state index in [-0.39, 0.29) is 11.9 Å². The van der Waals surface area contributed by atoms with E-state index in [4.69, 9.17) is 0 Å². The van der Waals surface area contributed by atoms with Gasteiger partial charge in [-0.1, -0.05) is 22.4 Å². The molecule has 1 unspecified atom stereocenters. The Morgan fingerprint density at radius 3 is 2.78 bits per heavy atom. The Labute approximate surface area is 121 Å². The Morgan fingerprint density at radius 2 is 2.22 bits per heavy atom. The van der Waals surface area contributed by atoms with E-state index in [0.29, 0.717) is 4.75 Å². The van der Waals surface area contributed by atoms with E-state index in [1.807, 2.05) is 24.8 Å². The second-order valence-electron chi connectivity index (χ2n) is 5.01. The lowest BCUT2D eigenvalue weighted by Gasteiger charge is -2.41. The first-order chi connectivity index (χ1) is 8.56. The lowest BCUT2D eigenvalue weighted by molar-refractivity contribution is 0.333. The summed E-state index contributed by atoms with van der Waals surface area (Å²) in [4.78, 5) is 0. The van der Waals surface area contributed by atoms with Crippen LogP contribution in [0.3, 0.4) is 0 Å². The molecule has 0 spiro atoms. The Bertz CT molecular complexity index is 415. The third-order valence-electron chi connectivity index (χ3n) is 3.85. The molecule has 0 aliphatic heterocycles. The van der Waals surface area contributed by atoms with Crippen LogP contribution in [0.15, 0.2) is 22.7 Å². The molecule has 1 aliphatic carbocycles. The van der Waals surface area contributed by atoms with Crippen LogP contribution in [0.2, 0.25) is 0 Å². The zero-order chi connectivity index (χ0) is 13.2. The normalized spacial score (nSPS) is 19.3. The summed E-state index contributed by atoms with van der Waals surface area (Å²) in [5.74, 6) is -0.134. The Balaban J connectivity index is 1.99. The van der Waals surface area contributed by atoms with Gasteiger partial charge in [-0.3, -0.25) is 0 Å². The highest BCUT2D eigenvalue weighted by Crippen LogP contribution is 2.42. The zero-order valence-corrected chi connectivity index (χ0v) is 13.2. The van der Waals surface area contributed by atoms with Gasteiger partial charge in [0.05, 0.1) is 0 Å². The van der Waals surface area contributed by atoms with Crippen LogP contribution in [0.4, 0.5) is 4.39 Å². The fourth-order valence-corrected chi connectivity index (χ4v) is 3.62. The lowest BCUT2D eigenvalue weighted by atomic mass is 9.84. The Hall–Kier alpha value is -0.0600. The van der Waals surface area contributed by atoms with E-state index in [2.05, 4.69) is 27.5 Å². The van der Waals surface area contributed by atoms with Crippen LogP contribution in [0.5, 0.6) is 0 Å². The highest BCUT2D eigenvalue weighted by molar-refractivity contribution is 9.10. The second-order valence-corrected chi connectivity index (χ2v) is 7.20. The first kappa shape index (κ1) is 14.4. The summed E-state index contributed by atoms with van der Waals surface area (Å²) in [5.41, 5.74) is 0.736. The van der Waals surface area contributed by atoms with Crippen molar-refractivity contribution in [2.45, 2.75) is 37.0 Å². The Kier molecular flexibility index (Phi) is 4.73. The smallest absolute Gasteiger partial charge is 0.128 e. The number of halogens is 2. The van der Waals surface area contributed by atoms with Gasteiger partial charge in [-0.05, 0) is 44.2 Å². The Morgan fingerprint density at radius 1 is 1.50 bits per heavy atom. The molecule has 1 N–H and O–H groups in total. The SMILES string of the molecule is CSC1(CNC(C)c2cc(Br)ccc2F)CCC1. The molecule has 100 valence electrons. The van der Waals surface area contributed by atoms with Crippen LogP contribution >= 0.6 is 27.7 Å². The zero-order valence-electron chi connectivity index (χ0n) is 10.8. The molecule has 0 radical (unpaired) electrons. The topological polar surface area (TPSA) is 12.0 Å². The molecule has 1 aromatic carbocycles. The van der Waals surface area contributed by atoms with E-state index in [1.165, 1.54) is 25.3 Å². The van der Waals surface area contributed by atoms with Crippen molar-refractivity contribution < 1.29 is 4.39 Å². The summed E-state index contributed by atoms with van der Waals surface area (Å²) in [6.45, 7) is 2.98. The maximum atomic E-state index is 13.8. The molecule has 0 bridgehead atoms. The molecular formula is C14H19BrFNS. The lowest BCUT2D eigenvalue weighted by Crippen LogP contribution is -2.44. The van der Waals surface area contributed by atoms with Gasteiger partial charge in [-0.15, -0.1) is 0 Å². The first-order valence-electron chi connectivity index (χ1n) is 6.30. The third kappa shape index (κ3) is 3.09. The maximum Gasteiger partial charge on any atom is 0.128 e. The summed E-state index contributed by atoms with van der Waals surface area (Å²) in [5, 5.41) is 3.48. The number of rotatable bonds is 5. The van der Waals surface area contributed by atoms with E-state index in [9.17, 15) is 4.39 Å². The van der Waals surface area contributed by atoms with Crippen LogP contribution in [0.25, 0.3) is 0 Å². The molecule has 1 aliphatic rings. The van der Waals surface area contributed by atoms with Crippen molar-refractivity contribution in [3.05, 3.63) is 34.1 Å². The summed E-state index contributed by atoms with van der Waals surface area (Å²) in [6, 6.07) is 5.17. The third-order valence-corrected chi connectivity index (χ3v) is 5.76. The molecule has 1 fully saturated rings. The number of nitrogens with one attached hydrogen (secondary N) is 1. The predicted molar refractivity (Wildman–Crippen MR) is 80.6 cm³/mol. The standard InChI is InChI=1S/C14H19BrFNS/c1-10(12-8-11(15)4-5-13(12)16)17-9-14(18-2)6-3-7-14/h4-5,8,10,17H,3,6-7,9H2,1-2H3. The molecule has 0 heterocycles. The highest BCUT2D eigenvalue weighted by Gasteiger charge is 2.36. The van der Waals surface area contributed by atoms with Crippen LogP contribution in [-0.4, -0.2) is 17.5 Å². The van der Waals surface area contributed by atoms with Crippen LogP contribution in [0.1, 0.15) is 37.8 Å². The van der Waals surface area contributed by atoms with Crippen LogP contribution in [-0.2, 0) is 0 Å². The number of benzene rings is 1. The van der Waals surface area contributed by atoms with Crippen molar-refractivity contribution in [2.24, 2.45) is 0 Å². The largest absolute Gasteiger partial charge is 0.309 e. The summed E-state index contributed by atoms with van der Waals surface area (Å²) < 4.78 is 15.1. The average Bonchev–Trinajstić information content (AvgIpc) is 2.31. The molecule has 1 atom stereocenters. The van der Waals surface area contributed by atoms with E-state index >= 15 is 0 Å². The second kappa shape index (κ2) is 5.93. The first-order valence-corrected chi connectivity index (χ1v) is 8.32. The molecule has 18 heavy (non-hydrogen) atoms. The molecule has 0 amide bonds. The minimum atomic E-state index is -0.134. The van der Waals surface area contributed by atoms with E-state index in [1.54, 1.807) is 6.07 Å². The number of hydrogen-bond acceptors (Lipinski definition) is 2. The molecule has 1 nitrogen and oxygen atoms in total. The molecule has 0 aromatic heterocycles. The molecular weight excluding hydrogens is 313 g/mol. The van der Waals surface area contributed by atoms with Gasteiger partial charge in [-0.2, -0.15) is 11.8 Å². The molecule has 0 saturated heterocycles. The molecule has 2 rings (SSSR count). The summed E-state index contributed by atoms with van der Waals surface area (Å²) in [6.07, 6.45) is 6.04. The van der Waals surface area contributed by atoms with E-state index < -0.39 is 0 Å². The van der Waals surface area contributed by atoms with Gasteiger partial charge in [0.25, 0.3) is 0 Å². The summed E-state index contributed by atoms with van der Waals surface area (Å²) in [7, 11) is 0. The maximum absolute atomic E-state index is 13.8. The molecule has 4 heteroatoms. The van der Waals surface area contributed by atoms with Gasteiger partial charge in [0.15, 0.2) is 0 Å². The quantitative estimate of drug-likeness (QED) is 0.850. The minimum absolute atomic E-state index is 0.0483.